The van der Waals surface area contributed by atoms with Gasteiger partial charge in [0.1, 0.15) is 5.75 Å². The fraction of sp³-hybridized carbons (Fsp3) is 0.417. The molecule has 0 aliphatic carbocycles. The lowest BCUT2D eigenvalue weighted by molar-refractivity contribution is -0.119. The molecule has 0 saturated carbocycles. The minimum atomic E-state index is 0.0649. The van der Waals surface area contributed by atoms with Crippen molar-refractivity contribution in [2.45, 2.75) is 6.42 Å². The Morgan fingerprint density at radius 3 is 2.69 bits per heavy atom. The van der Waals surface area contributed by atoms with E-state index in [4.69, 9.17) is 5.11 Å². The lowest BCUT2D eigenvalue weighted by Gasteiger charge is -2.11. The van der Waals surface area contributed by atoms with E-state index >= 15 is 0 Å². The van der Waals surface area contributed by atoms with Crippen LogP contribution in [0.3, 0.4) is 0 Å². The summed E-state index contributed by atoms with van der Waals surface area (Å²) in [4.78, 5) is 14.0. The van der Waals surface area contributed by atoms with E-state index < -0.39 is 0 Å². The molecule has 1 atom stereocenters. The number of benzene rings is 1. The Balaban J connectivity index is 1.94. The summed E-state index contributed by atoms with van der Waals surface area (Å²) < 4.78 is 0. The highest BCUT2D eigenvalue weighted by Crippen LogP contribution is 2.18. The molecule has 1 aliphatic heterocycles. The van der Waals surface area contributed by atoms with Crippen molar-refractivity contribution in [3.63, 3.8) is 0 Å². The van der Waals surface area contributed by atoms with Crippen LogP contribution in [0.1, 0.15) is 6.42 Å². The van der Waals surface area contributed by atoms with Gasteiger partial charge in [-0.25, -0.2) is 0 Å². The van der Waals surface area contributed by atoms with E-state index in [9.17, 15) is 4.79 Å². The number of nitrogens with one attached hydrogen (secondary N) is 1. The van der Waals surface area contributed by atoms with Gasteiger partial charge in [0, 0.05) is 12.2 Å². The molecule has 1 aromatic carbocycles. The Kier molecular flexibility index (Phi) is 3.10. The predicted molar refractivity (Wildman–Crippen MR) is 62.3 cm³/mol. The van der Waals surface area contributed by atoms with E-state index in [1.807, 2.05) is 7.05 Å². The van der Waals surface area contributed by atoms with E-state index in [0.29, 0.717) is 0 Å². The maximum atomic E-state index is 11.8. The highest BCUT2D eigenvalue weighted by atomic mass is 16.3. The van der Waals surface area contributed by atoms with Gasteiger partial charge in [-0.15, -0.1) is 0 Å². The number of anilines is 1. The maximum absolute atomic E-state index is 11.8. The second-order valence-electron chi connectivity index (χ2n) is 4.28. The Labute approximate surface area is 94.9 Å². The first-order valence-electron chi connectivity index (χ1n) is 5.43. The molecule has 4 heteroatoms. The van der Waals surface area contributed by atoms with Gasteiger partial charge in [-0.2, -0.15) is 0 Å². The number of phenolic OH excluding ortho intramolecular Hbond substituents is 1. The molecule has 0 radical (unpaired) electrons. The van der Waals surface area contributed by atoms with Crippen LogP contribution < -0.4 is 5.32 Å². The number of carbonyl (C=O) groups excluding carboxylic acids is 1. The summed E-state index contributed by atoms with van der Waals surface area (Å²) in [6.07, 6.45) is 0.917. The Hall–Kier alpha value is -1.55. The van der Waals surface area contributed by atoms with Crippen LogP contribution in [0, 0.1) is 5.92 Å². The molecule has 2 N–H and O–H groups in total. The molecule has 0 aromatic heterocycles. The molecule has 4 nitrogen and oxygen atoms in total. The lowest BCUT2D eigenvalue weighted by atomic mass is 10.1. The summed E-state index contributed by atoms with van der Waals surface area (Å²) in [5, 5.41) is 12.0. The predicted octanol–water partition coefficient (Wildman–Crippen LogP) is 1.28. The zero-order valence-electron chi connectivity index (χ0n) is 9.31. The molecular weight excluding hydrogens is 204 g/mol. The average molecular weight is 220 g/mol. The van der Waals surface area contributed by atoms with Crippen LogP contribution in [0.15, 0.2) is 24.3 Å². The van der Waals surface area contributed by atoms with E-state index in [-0.39, 0.29) is 17.6 Å². The third-order valence-electron chi connectivity index (χ3n) is 2.90. The van der Waals surface area contributed by atoms with Crippen molar-refractivity contribution in [2.24, 2.45) is 5.92 Å². The number of hydrogen-bond acceptors (Lipinski definition) is 3. The van der Waals surface area contributed by atoms with Gasteiger partial charge < -0.3 is 15.3 Å². The minimum absolute atomic E-state index is 0.0649. The van der Waals surface area contributed by atoms with Crippen LogP contribution in [-0.2, 0) is 4.79 Å². The van der Waals surface area contributed by atoms with Crippen molar-refractivity contribution in [3.8, 4) is 5.75 Å². The van der Waals surface area contributed by atoms with Crippen LogP contribution in [0.25, 0.3) is 0 Å². The monoisotopic (exact) mass is 220 g/mol. The van der Waals surface area contributed by atoms with Gasteiger partial charge in [0.25, 0.3) is 0 Å². The summed E-state index contributed by atoms with van der Waals surface area (Å²) in [6.45, 7) is 1.80. The van der Waals surface area contributed by atoms with Crippen LogP contribution in [-0.4, -0.2) is 36.1 Å². The van der Waals surface area contributed by atoms with Gasteiger partial charge >= 0.3 is 0 Å². The summed E-state index contributed by atoms with van der Waals surface area (Å²) in [6, 6.07) is 6.53. The largest absolute Gasteiger partial charge is 0.508 e. The second kappa shape index (κ2) is 4.53. The molecule has 16 heavy (non-hydrogen) atoms. The summed E-state index contributed by atoms with van der Waals surface area (Å²) in [7, 11) is 2.02. The molecule has 1 amide bonds. The number of likely N-dealkylation sites (tertiary alicyclic amines) is 1. The Bertz CT molecular complexity index is 375. The maximum Gasteiger partial charge on any atom is 0.228 e. The van der Waals surface area contributed by atoms with E-state index in [1.54, 1.807) is 24.3 Å². The van der Waals surface area contributed by atoms with Gasteiger partial charge in [-0.3, -0.25) is 4.79 Å². The molecule has 86 valence electrons. The number of hydrogen-bond donors (Lipinski definition) is 2. The summed E-state index contributed by atoms with van der Waals surface area (Å²) in [5.74, 6) is 0.354. The van der Waals surface area contributed by atoms with Gasteiger partial charge in [0.05, 0.1) is 5.92 Å². The number of rotatable bonds is 2. The molecular formula is C12H16N2O2. The Morgan fingerprint density at radius 1 is 1.44 bits per heavy atom. The van der Waals surface area contributed by atoms with Crippen molar-refractivity contribution in [2.75, 3.05) is 25.5 Å². The van der Waals surface area contributed by atoms with Crippen molar-refractivity contribution in [3.05, 3.63) is 24.3 Å². The molecule has 1 aromatic rings. The van der Waals surface area contributed by atoms with Gasteiger partial charge in [0.2, 0.25) is 5.91 Å². The van der Waals surface area contributed by atoms with Crippen molar-refractivity contribution in [1.29, 1.82) is 0 Å². The van der Waals surface area contributed by atoms with E-state index in [0.717, 1.165) is 25.2 Å². The number of phenols is 1. The van der Waals surface area contributed by atoms with Crippen LogP contribution in [0.4, 0.5) is 5.69 Å². The summed E-state index contributed by atoms with van der Waals surface area (Å²) in [5.41, 5.74) is 0.734. The smallest absolute Gasteiger partial charge is 0.228 e. The third-order valence-corrected chi connectivity index (χ3v) is 2.90. The highest BCUT2D eigenvalue weighted by molar-refractivity contribution is 5.92. The standard InChI is InChI=1S/C12H16N2O2/c1-14-7-6-9(8-14)12(16)13-10-2-4-11(15)5-3-10/h2-5,9,15H,6-8H2,1H3,(H,13,16). The van der Waals surface area contributed by atoms with Gasteiger partial charge in [-0.05, 0) is 44.3 Å². The average Bonchev–Trinajstić information content (AvgIpc) is 2.68. The fourth-order valence-corrected chi connectivity index (χ4v) is 1.94. The topological polar surface area (TPSA) is 52.6 Å². The SMILES string of the molecule is CN1CCC(C(=O)Nc2ccc(O)cc2)C1. The lowest BCUT2D eigenvalue weighted by Crippen LogP contribution is -2.25. The van der Waals surface area contributed by atoms with Crippen molar-refractivity contribution >= 4 is 11.6 Å². The molecule has 1 saturated heterocycles. The van der Waals surface area contributed by atoms with Gasteiger partial charge in [-0.1, -0.05) is 0 Å². The molecule has 0 bridgehead atoms. The number of carbonyl (C=O) groups is 1. The molecule has 2 rings (SSSR count). The quantitative estimate of drug-likeness (QED) is 0.738. The van der Waals surface area contributed by atoms with Gasteiger partial charge in [0.15, 0.2) is 0 Å². The van der Waals surface area contributed by atoms with E-state index in [1.165, 1.54) is 0 Å². The van der Waals surface area contributed by atoms with Crippen LogP contribution >= 0.6 is 0 Å². The highest BCUT2D eigenvalue weighted by Gasteiger charge is 2.25. The van der Waals surface area contributed by atoms with Crippen molar-refractivity contribution in [1.82, 2.24) is 4.90 Å². The van der Waals surface area contributed by atoms with Crippen LogP contribution in [0.2, 0.25) is 0 Å². The molecule has 1 fully saturated rings. The van der Waals surface area contributed by atoms with E-state index in [2.05, 4.69) is 10.2 Å². The zero-order chi connectivity index (χ0) is 11.5. The van der Waals surface area contributed by atoms with Crippen LogP contribution in [0.5, 0.6) is 5.75 Å². The zero-order valence-corrected chi connectivity index (χ0v) is 9.31. The summed E-state index contributed by atoms with van der Waals surface area (Å²) >= 11 is 0. The molecule has 1 heterocycles. The molecule has 1 aliphatic rings. The Morgan fingerprint density at radius 2 is 2.12 bits per heavy atom. The number of amides is 1. The first-order chi connectivity index (χ1) is 7.65. The molecule has 0 spiro atoms. The number of nitrogens with zero attached hydrogens (tertiary/aromatic N) is 1. The first-order valence-corrected chi connectivity index (χ1v) is 5.43. The fourth-order valence-electron chi connectivity index (χ4n) is 1.94. The third kappa shape index (κ3) is 2.52. The number of aromatic hydroxyl groups is 1. The second-order valence-corrected chi connectivity index (χ2v) is 4.28. The van der Waals surface area contributed by atoms with Crippen molar-refractivity contribution < 1.29 is 9.90 Å². The normalized spacial score (nSPS) is 20.9. The first kappa shape index (κ1) is 11.0. The minimum Gasteiger partial charge on any atom is -0.508 e. The molecule has 1 unspecified atom stereocenters.